The van der Waals surface area contributed by atoms with Gasteiger partial charge in [0.15, 0.2) is 0 Å². The fourth-order valence-corrected chi connectivity index (χ4v) is 2.39. The summed E-state index contributed by atoms with van der Waals surface area (Å²) in [5.74, 6) is 0.928. The van der Waals surface area contributed by atoms with Gasteiger partial charge in [-0.1, -0.05) is 25.0 Å². The summed E-state index contributed by atoms with van der Waals surface area (Å²) in [6.45, 7) is 7.07. The van der Waals surface area contributed by atoms with Crippen LogP contribution in [-0.2, 0) is 0 Å². The molecule has 0 heterocycles. The first kappa shape index (κ1) is 5.52. The first-order valence-corrected chi connectivity index (χ1v) is 3.82. The highest BCUT2D eigenvalue weighted by Gasteiger charge is 2.49. The van der Waals surface area contributed by atoms with Crippen molar-refractivity contribution in [3.63, 3.8) is 0 Å². The van der Waals surface area contributed by atoms with E-state index in [1.165, 1.54) is 12.8 Å². The van der Waals surface area contributed by atoms with Crippen LogP contribution < -0.4 is 0 Å². The largest absolute Gasteiger partial charge is 0.0658 e. The molecule has 0 N–H and O–H groups in total. The molecule has 1 fully saturated rings. The number of rotatable bonds is 0. The summed E-state index contributed by atoms with van der Waals surface area (Å²) in [4.78, 5) is 0. The van der Waals surface area contributed by atoms with Gasteiger partial charge in [-0.15, -0.1) is 0 Å². The third-order valence-corrected chi connectivity index (χ3v) is 3.02. The van der Waals surface area contributed by atoms with Crippen LogP contribution in [0.5, 0.6) is 0 Å². The van der Waals surface area contributed by atoms with Crippen LogP contribution in [0.2, 0.25) is 0 Å². The molecule has 0 amide bonds. The zero-order valence-corrected chi connectivity index (χ0v) is 6.49. The van der Waals surface area contributed by atoms with Crippen LogP contribution >= 0.6 is 0 Å². The topological polar surface area (TPSA) is 0 Å². The maximum Gasteiger partial charge on any atom is 0.00612 e. The lowest BCUT2D eigenvalue weighted by molar-refractivity contribution is 0.336. The summed E-state index contributed by atoms with van der Waals surface area (Å²) < 4.78 is 0. The van der Waals surface area contributed by atoms with E-state index in [4.69, 9.17) is 0 Å². The van der Waals surface area contributed by atoms with Crippen molar-refractivity contribution in [1.82, 2.24) is 0 Å². The van der Waals surface area contributed by atoms with Gasteiger partial charge in [0.25, 0.3) is 0 Å². The van der Waals surface area contributed by atoms with Gasteiger partial charge in [0, 0.05) is 5.92 Å². The molecule has 0 aromatic heterocycles. The van der Waals surface area contributed by atoms with Crippen molar-refractivity contribution >= 4 is 0 Å². The minimum atomic E-state index is 0.624. The molecule has 1 atom stereocenters. The van der Waals surface area contributed by atoms with E-state index in [1.54, 1.807) is 11.1 Å². The van der Waals surface area contributed by atoms with Gasteiger partial charge in [-0.2, -0.15) is 0 Å². The van der Waals surface area contributed by atoms with Crippen LogP contribution in [0.4, 0.5) is 0 Å². The molecule has 0 aliphatic heterocycles. The Bertz CT molecular complexity index is 184. The fourth-order valence-electron chi connectivity index (χ4n) is 2.39. The zero-order valence-electron chi connectivity index (χ0n) is 6.49. The molecule has 1 saturated carbocycles. The maximum atomic E-state index is 2.39. The van der Waals surface area contributed by atoms with E-state index in [0.717, 1.165) is 5.92 Å². The highest BCUT2D eigenvalue weighted by molar-refractivity contribution is 5.45. The molecule has 0 aromatic carbocycles. The lowest BCUT2D eigenvalue weighted by Gasteiger charge is -2.19. The molecule has 0 heteroatoms. The van der Waals surface area contributed by atoms with Crippen molar-refractivity contribution in [2.45, 2.75) is 33.6 Å². The van der Waals surface area contributed by atoms with Gasteiger partial charge >= 0.3 is 0 Å². The van der Waals surface area contributed by atoms with E-state index in [2.05, 4.69) is 20.8 Å². The third-order valence-electron chi connectivity index (χ3n) is 3.02. The van der Waals surface area contributed by atoms with Gasteiger partial charge in [0.1, 0.15) is 0 Å². The van der Waals surface area contributed by atoms with Crippen LogP contribution in [-0.4, -0.2) is 0 Å². The first-order chi connectivity index (χ1) is 4.13. The van der Waals surface area contributed by atoms with Gasteiger partial charge in [-0.25, -0.2) is 0 Å². The minimum Gasteiger partial charge on any atom is -0.0658 e. The van der Waals surface area contributed by atoms with Gasteiger partial charge in [-0.05, 0) is 25.2 Å². The van der Waals surface area contributed by atoms with E-state index in [0.29, 0.717) is 5.41 Å². The summed E-state index contributed by atoms with van der Waals surface area (Å²) >= 11 is 0. The number of hydrogen-bond donors (Lipinski definition) is 0. The molecule has 0 saturated heterocycles. The normalized spacial score (nSPS) is 37.0. The molecule has 0 radical (unpaired) electrons. The zero-order chi connectivity index (χ0) is 6.65. The predicted molar refractivity (Wildman–Crippen MR) is 39.2 cm³/mol. The van der Waals surface area contributed by atoms with E-state index in [1.807, 2.05) is 0 Å². The maximum absolute atomic E-state index is 2.39. The van der Waals surface area contributed by atoms with Crippen LogP contribution in [0.15, 0.2) is 11.1 Å². The van der Waals surface area contributed by atoms with Gasteiger partial charge in [0.2, 0.25) is 0 Å². The van der Waals surface area contributed by atoms with Gasteiger partial charge in [-0.3, -0.25) is 0 Å². The summed E-state index contributed by atoms with van der Waals surface area (Å²) in [5, 5.41) is 0. The van der Waals surface area contributed by atoms with Crippen LogP contribution in [0, 0.1) is 11.3 Å². The molecule has 2 rings (SSSR count). The molecule has 2 aliphatic carbocycles. The average molecular weight is 122 g/mol. The van der Waals surface area contributed by atoms with Crippen LogP contribution in [0.1, 0.15) is 33.6 Å². The minimum absolute atomic E-state index is 0.624. The predicted octanol–water partition coefficient (Wildman–Crippen LogP) is 2.75. The molecule has 50 valence electrons. The summed E-state index contributed by atoms with van der Waals surface area (Å²) in [7, 11) is 0. The summed E-state index contributed by atoms with van der Waals surface area (Å²) in [5.41, 5.74) is 4.10. The van der Waals surface area contributed by atoms with Gasteiger partial charge in [0.05, 0.1) is 0 Å². The second-order valence-corrected chi connectivity index (χ2v) is 4.13. The lowest BCUT2D eigenvalue weighted by atomic mass is 9.85. The van der Waals surface area contributed by atoms with Crippen molar-refractivity contribution in [2.75, 3.05) is 0 Å². The van der Waals surface area contributed by atoms with E-state index < -0.39 is 0 Å². The van der Waals surface area contributed by atoms with E-state index >= 15 is 0 Å². The Kier molecular flexibility index (Phi) is 0.769. The van der Waals surface area contributed by atoms with Crippen molar-refractivity contribution in [2.24, 2.45) is 11.3 Å². The second-order valence-electron chi connectivity index (χ2n) is 4.13. The molecule has 0 spiro atoms. The Morgan fingerprint density at radius 3 is 2.33 bits per heavy atom. The number of hydrogen-bond acceptors (Lipinski definition) is 0. The fraction of sp³-hybridized carbons (Fsp3) is 0.778. The quantitative estimate of drug-likeness (QED) is 0.433. The SMILES string of the molecule is CC1=C2CCC(C)(C)C12. The molecule has 2 aliphatic rings. The first-order valence-electron chi connectivity index (χ1n) is 3.82. The van der Waals surface area contributed by atoms with E-state index in [9.17, 15) is 0 Å². The molecule has 0 nitrogen and oxygen atoms in total. The molecule has 0 bridgehead atoms. The monoisotopic (exact) mass is 122 g/mol. The lowest BCUT2D eigenvalue weighted by Crippen LogP contribution is -2.10. The van der Waals surface area contributed by atoms with Gasteiger partial charge < -0.3 is 0 Å². The standard InChI is InChI=1S/C9H14/c1-6-7-4-5-9(2,3)8(6)7/h8H,4-5H2,1-3H3. The molecule has 0 aromatic rings. The highest BCUT2D eigenvalue weighted by Crippen LogP contribution is 2.60. The Hall–Kier alpha value is -0.260. The van der Waals surface area contributed by atoms with Crippen molar-refractivity contribution in [3.05, 3.63) is 11.1 Å². The molecular weight excluding hydrogens is 108 g/mol. The summed E-state index contributed by atoms with van der Waals surface area (Å²) in [6, 6.07) is 0. The number of fused-ring (bicyclic) bond motifs is 1. The molecular formula is C9H14. The second kappa shape index (κ2) is 1.25. The Labute approximate surface area is 57.0 Å². The molecule has 9 heavy (non-hydrogen) atoms. The van der Waals surface area contributed by atoms with Crippen molar-refractivity contribution < 1.29 is 0 Å². The van der Waals surface area contributed by atoms with Crippen molar-refractivity contribution in [3.8, 4) is 0 Å². The average Bonchev–Trinajstić information content (AvgIpc) is 2.24. The Morgan fingerprint density at radius 1 is 1.44 bits per heavy atom. The molecule has 1 unspecified atom stereocenters. The van der Waals surface area contributed by atoms with Crippen molar-refractivity contribution in [1.29, 1.82) is 0 Å². The summed E-state index contributed by atoms with van der Waals surface area (Å²) in [6.07, 6.45) is 2.81. The van der Waals surface area contributed by atoms with Crippen LogP contribution in [0.25, 0.3) is 0 Å². The Morgan fingerprint density at radius 2 is 2.11 bits per heavy atom. The smallest absolute Gasteiger partial charge is 0.00612 e. The third kappa shape index (κ3) is 0.540. The highest BCUT2D eigenvalue weighted by atomic mass is 14.5. The Balaban J connectivity index is 2.24. The number of allylic oxidation sites excluding steroid dienone is 2. The van der Waals surface area contributed by atoms with Crippen LogP contribution in [0.3, 0.4) is 0 Å². The van der Waals surface area contributed by atoms with E-state index in [-0.39, 0.29) is 0 Å².